The summed E-state index contributed by atoms with van der Waals surface area (Å²) in [5.41, 5.74) is 0. The largest absolute Gasteiger partial charge is 0.328 e. The molecule has 0 saturated carbocycles. The van der Waals surface area contributed by atoms with Crippen molar-refractivity contribution in [1.29, 1.82) is 0 Å². The minimum atomic E-state index is -0.160. The van der Waals surface area contributed by atoms with E-state index in [1.807, 2.05) is 13.0 Å². The first-order valence-electron chi connectivity index (χ1n) is 4.27. The molecule has 0 spiro atoms. The summed E-state index contributed by atoms with van der Waals surface area (Å²) in [6, 6.07) is 3.46. The summed E-state index contributed by atoms with van der Waals surface area (Å²) in [6.45, 7) is 2.57. The van der Waals surface area contributed by atoms with E-state index >= 15 is 0 Å². The van der Waals surface area contributed by atoms with Gasteiger partial charge in [0.2, 0.25) is 0 Å². The van der Waals surface area contributed by atoms with E-state index in [4.69, 9.17) is 0 Å². The second kappa shape index (κ2) is 4.95. The standard InChI is InChI=1S/C9H12BrN3O/c1-3-13(2)9(14)12-8-7(10)5-4-6-11-8/h4-6H,3H2,1-2H3,(H,11,12,14). The second-order valence-electron chi connectivity index (χ2n) is 2.78. The zero-order chi connectivity index (χ0) is 10.6. The number of hydrogen-bond donors (Lipinski definition) is 1. The third-order valence-corrected chi connectivity index (χ3v) is 2.44. The molecule has 1 aromatic rings. The normalized spacial score (nSPS) is 9.64. The maximum atomic E-state index is 11.4. The van der Waals surface area contributed by atoms with Gasteiger partial charge in [0.05, 0.1) is 4.47 Å². The third kappa shape index (κ3) is 2.70. The van der Waals surface area contributed by atoms with E-state index in [0.29, 0.717) is 12.4 Å². The van der Waals surface area contributed by atoms with Gasteiger partial charge >= 0.3 is 6.03 Å². The Bertz CT molecular complexity index is 330. The highest BCUT2D eigenvalue weighted by atomic mass is 79.9. The lowest BCUT2D eigenvalue weighted by Crippen LogP contribution is -2.31. The van der Waals surface area contributed by atoms with E-state index in [-0.39, 0.29) is 6.03 Å². The smallest absolute Gasteiger partial charge is 0.322 e. The van der Waals surface area contributed by atoms with Crippen LogP contribution in [0.3, 0.4) is 0 Å². The van der Waals surface area contributed by atoms with Crippen molar-refractivity contribution in [2.45, 2.75) is 6.92 Å². The third-order valence-electron chi connectivity index (χ3n) is 1.80. The Balaban J connectivity index is 2.70. The number of hydrogen-bond acceptors (Lipinski definition) is 2. The summed E-state index contributed by atoms with van der Waals surface area (Å²) in [5, 5.41) is 2.69. The molecule has 76 valence electrons. The van der Waals surface area contributed by atoms with E-state index in [0.717, 1.165) is 4.47 Å². The summed E-state index contributed by atoms with van der Waals surface area (Å²) in [7, 11) is 1.73. The van der Waals surface area contributed by atoms with Crippen molar-refractivity contribution in [3.63, 3.8) is 0 Å². The van der Waals surface area contributed by atoms with Gasteiger partial charge in [0.25, 0.3) is 0 Å². The maximum Gasteiger partial charge on any atom is 0.322 e. The number of carbonyl (C=O) groups is 1. The first-order valence-corrected chi connectivity index (χ1v) is 5.07. The second-order valence-corrected chi connectivity index (χ2v) is 3.63. The maximum absolute atomic E-state index is 11.4. The van der Waals surface area contributed by atoms with Gasteiger partial charge in [-0.25, -0.2) is 9.78 Å². The lowest BCUT2D eigenvalue weighted by molar-refractivity contribution is 0.224. The molecule has 0 aliphatic heterocycles. The van der Waals surface area contributed by atoms with Crippen molar-refractivity contribution in [1.82, 2.24) is 9.88 Å². The SMILES string of the molecule is CCN(C)C(=O)Nc1ncccc1Br. The minimum absolute atomic E-state index is 0.160. The summed E-state index contributed by atoms with van der Waals surface area (Å²) in [6.07, 6.45) is 1.63. The van der Waals surface area contributed by atoms with Gasteiger partial charge in [0, 0.05) is 19.8 Å². The first kappa shape index (κ1) is 11.0. The molecule has 14 heavy (non-hydrogen) atoms. The fourth-order valence-corrected chi connectivity index (χ4v) is 1.17. The molecule has 0 fully saturated rings. The van der Waals surface area contributed by atoms with Crippen LogP contribution in [0.1, 0.15) is 6.92 Å². The topological polar surface area (TPSA) is 45.2 Å². The number of pyridine rings is 1. The number of nitrogens with one attached hydrogen (secondary N) is 1. The van der Waals surface area contributed by atoms with Crippen molar-refractivity contribution < 1.29 is 4.79 Å². The number of aromatic nitrogens is 1. The predicted molar refractivity (Wildman–Crippen MR) is 59.3 cm³/mol. The molecule has 1 aromatic heterocycles. The van der Waals surface area contributed by atoms with Gasteiger partial charge in [0.15, 0.2) is 0 Å². The van der Waals surface area contributed by atoms with Crippen LogP contribution in [0.15, 0.2) is 22.8 Å². The molecule has 0 bridgehead atoms. The van der Waals surface area contributed by atoms with Crippen molar-refractivity contribution in [2.75, 3.05) is 18.9 Å². The Morgan fingerprint density at radius 1 is 1.71 bits per heavy atom. The molecule has 0 radical (unpaired) electrons. The van der Waals surface area contributed by atoms with Gasteiger partial charge in [-0.3, -0.25) is 5.32 Å². The van der Waals surface area contributed by atoms with Gasteiger partial charge in [-0.15, -0.1) is 0 Å². The molecule has 1 N–H and O–H groups in total. The van der Waals surface area contributed by atoms with Crippen LogP contribution in [-0.4, -0.2) is 29.5 Å². The van der Waals surface area contributed by atoms with Crippen molar-refractivity contribution in [2.24, 2.45) is 0 Å². The van der Waals surface area contributed by atoms with E-state index in [2.05, 4.69) is 26.2 Å². The van der Waals surface area contributed by atoms with Crippen LogP contribution in [-0.2, 0) is 0 Å². The Hall–Kier alpha value is -1.10. The van der Waals surface area contributed by atoms with Crippen LogP contribution in [0, 0.1) is 0 Å². The average Bonchev–Trinajstić information content (AvgIpc) is 2.20. The summed E-state index contributed by atoms with van der Waals surface area (Å²) < 4.78 is 0.776. The van der Waals surface area contributed by atoms with Gasteiger partial charge in [-0.2, -0.15) is 0 Å². The summed E-state index contributed by atoms with van der Waals surface area (Å²) >= 11 is 3.30. The van der Waals surface area contributed by atoms with Crippen molar-refractivity contribution >= 4 is 27.8 Å². The lowest BCUT2D eigenvalue weighted by atomic mass is 10.4. The molecule has 0 aliphatic carbocycles. The number of carbonyl (C=O) groups excluding carboxylic acids is 1. The van der Waals surface area contributed by atoms with E-state index in [1.165, 1.54) is 0 Å². The van der Waals surface area contributed by atoms with Crippen molar-refractivity contribution in [3.8, 4) is 0 Å². The van der Waals surface area contributed by atoms with Crippen LogP contribution in [0.25, 0.3) is 0 Å². The minimum Gasteiger partial charge on any atom is -0.328 e. The van der Waals surface area contributed by atoms with E-state index in [9.17, 15) is 4.79 Å². The van der Waals surface area contributed by atoms with Crippen LogP contribution >= 0.6 is 15.9 Å². The Labute approximate surface area is 91.4 Å². The molecule has 1 heterocycles. The Morgan fingerprint density at radius 3 is 3.00 bits per heavy atom. The van der Waals surface area contributed by atoms with E-state index < -0.39 is 0 Å². The number of amides is 2. The Morgan fingerprint density at radius 2 is 2.43 bits per heavy atom. The van der Waals surface area contributed by atoms with Crippen LogP contribution in [0.5, 0.6) is 0 Å². The van der Waals surface area contributed by atoms with Crippen LogP contribution in [0.2, 0.25) is 0 Å². The molecule has 0 aromatic carbocycles. The lowest BCUT2D eigenvalue weighted by Gasteiger charge is -2.15. The average molecular weight is 258 g/mol. The van der Waals surface area contributed by atoms with Gasteiger partial charge < -0.3 is 4.90 Å². The van der Waals surface area contributed by atoms with Gasteiger partial charge in [-0.1, -0.05) is 0 Å². The Kier molecular flexibility index (Phi) is 3.88. The fourth-order valence-electron chi connectivity index (χ4n) is 0.818. The molecule has 0 atom stereocenters. The molecular weight excluding hydrogens is 246 g/mol. The monoisotopic (exact) mass is 257 g/mol. The van der Waals surface area contributed by atoms with E-state index in [1.54, 1.807) is 24.2 Å². The quantitative estimate of drug-likeness (QED) is 0.884. The first-order chi connectivity index (χ1) is 6.65. The molecule has 1 rings (SSSR count). The predicted octanol–water partition coefficient (Wildman–Crippen LogP) is 2.33. The number of nitrogens with zero attached hydrogens (tertiary/aromatic N) is 2. The number of halogens is 1. The fraction of sp³-hybridized carbons (Fsp3) is 0.333. The summed E-state index contributed by atoms with van der Waals surface area (Å²) in [5.74, 6) is 0.540. The number of rotatable bonds is 2. The van der Waals surface area contributed by atoms with Crippen LogP contribution in [0.4, 0.5) is 10.6 Å². The highest BCUT2D eigenvalue weighted by molar-refractivity contribution is 9.10. The van der Waals surface area contributed by atoms with Gasteiger partial charge in [0.1, 0.15) is 5.82 Å². The highest BCUT2D eigenvalue weighted by Crippen LogP contribution is 2.18. The molecular formula is C9H12BrN3O. The zero-order valence-electron chi connectivity index (χ0n) is 8.12. The molecule has 4 nitrogen and oxygen atoms in total. The zero-order valence-corrected chi connectivity index (χ0v) is 9.71. The molecule has 5 heteroatoms. The molecule has 0 unspecified atom stereocenters. The number of anilines is 1. The molecule has 0 saturated heterocycles. The number of urea groups is 1. The van der Waals surface area contributed by atoms with Crippen molar-refractivity contribution in [3.05, 3.63) is 22.8 Å². The van der Waals surface area contributed by atoms with Gasteiger partial charge in [-0.05, 0) is 35.0 Å². The molecule has 0 aliphatic rings. The molecule has 2 amide bonds. The highest BCUT2D eigenvalue weighted by Gasteiger charge is 2.08. The van der Waals surface area contributed by atoms with Crippen LogP contribution < -0.4 is 5.32 Å². The summed E-state index contributed by atoms with van der Waals surface area (Å²) in [4.78, 5) is 17.0.